The van der Waals surface area contributed by atoms with Crippen LogP contribution >= 0.6 is 0 Å². The third-order valence-corrected chi connectivity index (χ3v) is 2.64. The van der Waals surface area contributed by atoms with Crippen LogP contribution in [0.3, 0.4) is 0 Å². The molecule has 0 spiro atoms. The van der Waals surface area contributed by atoms with Crippen LogP contribution in [0.5, 0.6) is 0 Å². The summed E-state index contributed by atoms with van der Waals surface area (Å²) in [5, 5.41) is 0. The van der Waals surface area contributed by atoms with Crippen LogP contribution in [0.2, 0.25) is 0 Å². The van der Waals surface area contributed by atoms with E-state index in [1.807, 2.05) is 56.0 Å². The summed E-state index contributed by atoms with van der Waals surface area (Å²) in [4.78, 5) is 13.7. The van der Waals surface area contributed by atoms with Crippen molar-refractivity contribution in [3.8, 4) is 0 Å². The van der Waals surface area contributed by atoms with Gasteiger partial charge in [0.2, 0.25) is 5.91 Å². The maximum Gasteiger partial charge on any atom is 0.226 e. The van der Waals surface area contributed by atoms with Crippen molar-refractivity contribution in [1.82, 2.24) is 0 Å². The number of amides is 1. The van der Waals surface area contributed by atoms with E-state index in [4.69, 9.17) is 0 Å². The van der Waals surface area contributed by atoms with E-state index in [0.29, 0.717) is 6.42 Å². The molecule has 0 bridgehead atoms. The molecule has 0 aliphatic rings. The largest absolute Gasteiger partial charge is 0.310 e. The SMILES string of the molecule is CC.CCC(=O)N(c1ccccc1)C(C)CC. The van der Waals surface area contributed by atoms with Crippen LogP contribution in [0.15, 0.2) is 30.3 Å². The molecule has 1 atom stereocenters. The Morgan fingerprint density at radius 3 is 2.12 bits per heavy atom. The lowest BCUT2D eigenvalue weighted by molar-refractivity contribution is -0.118. The zero-order valence-electron chi connectivity index (χ0n) is 11.7. The molecule has 0 heterocycles. The Labute approximate surface area is 106 Å². The molecular weight excluding hydrogens is 210 g/mol. The Morgan fingerprint density at radius 1 is 1.18 bits per heavy atom. The standard InChI is InChI=1S/C13H19NO.C2H6/c1-4-11(3)14(13(15)5-2)12-9-7-6-8-10-12;1-2/h6-11H,4-5H2,1-3H3;1-2H3. The number of para-hydroxylation sites is 1. The smallest absolute Gasteiger partial charge is 0.226 e. The lowest BCUT2D eigenvalue weighted by Crippen LogP contribution is -2.37. The van der Waals surface area contributed by atoms with Gasteiger partial charge in [-0.1, -0.05) is 45.9 Å². The first kappa shape index (κ1) is 15.7. The summed E-state index contributed by atoms with van der Waals surface area (Å²) in [5.74, 6) is 0.190. The number of anilines is 1. The van der Waals surface area contributed by atoms with Crippen molar-refractivity contribution in [1.29, 1.82) is 0 Å². The van der Waals surface area contributed by atoms with Crippen LogP contribution in [0.25, 0.3) is 0 Å². The first-order valence-corrected chi connectivity index (χ1v) is 6.57. The average molecular weight is 235 g/mol. The Bertz CT molecular complexity index is 308. The van der Waals surface area contributed by atoms with Crippen molar-refractivity contribution in [2.45, 2.75) is 53.5 Å². The summed E-state index contributed by atoms with van der Waals surface area (Å²) in [5.41, 5.74) is 0.999. The van der Waals surface area contributed by atoms with Gasteiger partial charge in [-0.05, 0) is 25.5 Å². The van der Waals surface area contributed by atoms with Crippen molar-refractivity contribution in [3.05, 3.63) is 30.3 Å². The highest BCUT2D eigenvalue weighted by molar-refractivity contribution is 5.93. The molecule has 2 nitrogen and oxygen atoms in total. The van der Waals surface area contributed by atoms with Crippen LogP contribution in [-0.2, 0) is 4.79 Å². The first-order chi connectivity index (χ1) is 8.20. The number of rotatable bonds is 4. The van der Waals surface area contributed by atoms with Crippen molar-refractivity contribution in [2.24, 2.45) is 0 Å². The van der Waals surface area contributed by atoms with Crippen LogP contribution < -0.4 is 4.90 Å². The molecule has 0 aliphatic carbocycles. The molecule has 0 saturated heterocycles. The highest BCUT2D eigenvalue weighted by atomic mass is 16.2. The predicted octanol–water partition coefficient (Wildman–Crippen LogP) is 4.25. The number of hydrogen-bond acceptors (Lipinski definition) is 1. The van der Waals surface area contributed by atoms with E-state index >= 15 is 0 Å². The monoisotopic (exact) mass is 235 g/mol. The fraction of sp³-hybridized carbons (Fsp3) is 0.533. The topological polar surface area (TPSA) is 20.3 Å². The Morgan fingerprint density at radius 2 is 1.71 bits per heavy atom. The van der Waals surface area contributed by atoms with Crippen LogP contribution in [0.1, 0.15) is 47.5 Å². The minimum Gasteiger partial charge on any atom is -0.310 e. The van der Waals surface area contributed by atoms with Gasteiger partial charge >= 0.3 is 0 Å². The fourth-order valence-corrected chi connectivity index (χ4v) is 1.59. The van der Waals surface area contributed by atoms with Gasteiger partial charge < -0.3 is 4.90 Å². The van der Waals surface area contributed by atoms with Gasteiger partial charge in [-0.15, -0.1) is 0 Å². The maximum atomic E-state index is 11.8. The minimum absolute atomic E-state index is 0.190. The molecule has 1 rings (SSSR count). The lowest BCUT2D eigenvalue weighted by atomic mass is 10.1. The van der Waals surface area contributed by atoms with Crippen LogP contribution in [0.4, 0.5) is 5.69 Å². The second-order valence-corrected chi connectivity index (χ2v) is 3.71. The van der Waals surface area contributed by atoms with E-state index in [-0.39, 0.29) is 11.9 Å². The van der Waals surface area contributed by atoms with Crippen molar-refractivity contribution < 1.29 is 4.79 Å². The van der Waals surface area contributed by atoms with Gasteiger partial charge in [0.15, 0.2) is 0 Å². The van der Waals surface area contributed by atoms with Crippen LogP contribution in [0, 0.1) is 0 Å². The summed E-state index contributed by atoms with van der Waals surface area (Å²) >= 11 is 0. The Kier molecular flexibility index (Phi) is 8.12. The predicted molar refractivity (Wildman–Crippen MR) is 75.3 cm³/mol. The molecule has 0 radical (unpaired) electrons. The van der Waals surface area contributed by atoms with Gasteiger partial charge in [0.25, 0.3) is 0 Å². The lowest BCUT2D eigenvalue weighted by Gasteiger charge is -2.28. The van der Waals surface area contributed by atoms with Crippen molar-refractivity contribution in [2.75, 3.05) is 4.90 Å². The molecule has 2 heteroatoms. The molecule has 0 aliphatic heterocycles. The molecule has 0 aromatic heterocycles. The molecule has 17 heavy (non-hydrogen) atoms. The number of hydrogen-bond donors (Lipinski definition) is 0. The first-order valence-electron chi connectivity index (χ1n) is 6.57. The Hall–Kier alpha value is -1.31. The highest BCUT2D eigenvalue weighted by Crippen LogP contribution is 2.19. The number of carbonyl (C=O) groups excluding carboxylic acids is 1. The minimum atomic E-state index is 0.190. The average Bonchev–Trinajstić information content (AvgIpc) is 2.42. The molecule has 0 fully saturated rings. The molecule has 1 aromatic rings. The van der Waals surface area contributed by atoms with Gasteiger partial charge in [0, 0.05) is 18.2 Å². The quantitative estimate of drug-likeness (QED) is 0.763. The summed E-state index contributed by atoms with van der Waals surface area (Å²) < 4.78 is 0. The summed E-state index contributed by atoms with van der Waals surface area (Å²) in [6, 6.07) is 10.1. The third kappa shape index (κ3) is 4.59. The van der Waals surface area contributed by atoms with Gasteiger partial charge in [-0.3, -0.25) is 4.79 Å². The van der Waals surface area contributed by atoms with Gasteiger partial charge in [0.05, 0.1) is 0 Å². The van der Waals surface area contributed by atoms with E-state index in [1.165, 1.54) is 0 Å². The van der Waals surface area contributed by atoms with E-state index in [1.54, 1.807) is 0 Å². The molecule has 1 amide bonds. The van der Waals surface area contributed by atoms with Gasteiger partial charge in [-0.2, -0.15) is 0 Å². The number of nitrogens with zero attached hydrogens (tertiary/aromatic N) is 1. The molecule has 0 saturated carbocycles. The van der Waals surface area contributed by atoms with Crippen molar-refractivity contribution in [3.63, 3.8) is 0 Å². The number of benzene rings is 1. The van der Waals surface area contributed by atoms with Crippen LogP contribution in [-0.4, -0.2) is 11.9 Å². The fourth-order valence-electron chi connectivity index (χ4n) is 1.59. The molecule has 1 aromatic carbocycles. The van der Waals surface area contributed by atoms with Gasteiger partial charge in [-0.25, -0.2) is 0 Å². The molecule has 96 valence electrons. The Balaban J connectivity index is 0.00000121. The second-order valence-electron chi connectivity index (χ2n) is 3.71. The summed E-state index contributed by atoms with van der Waals surface area (Å²) in [7, 11) is 0. The normalized spacial score (nSPS) is 11.1. The zero-order valence-corrected chi connectivity index (χ0v) is 11.7. The van der Waals surface area contributed by atoms with Gasteiger partial charge in [0.1, 0.15) is 0 Å². The summed E-state index contributed by atoms with van der Waals surface area (Å²) in [6.07, 6.45) is 1.53. The van der Waals surface area contributed by atoms with E-state index in [2.05, 4.69) is 13.8 Å². The molecule has 0 N–H and O–H groups in total. The van der Waals surface area contributed by atoms with E-state index in [0.717, 1.165) is 12.1 Å². The summed E-state index contributed by atoms with van der Waals surface area (Å²) in [6.45, 7) is 10.1. The number of carbonyl (C=O) groups is 1. The van der Waals surface area contributed by atoms with E-state index in [9.17, 15) is 4.79 Å². The zero-order chi connectivity index (χ0) is 13.3. The maximum absolute atomic E-state index is 11.8. The third-order valence-electron chi connectivity index (χ3n) is 2.64. The highest BCUT2D eigenvalue weighted by Gasteiger charge is 2.18. The second kappa shape index (κ2) is 8.80. The molecular formula is C15H25NO. The van der Waals surface area contributed by atoms with E-state index < -0.39 is 0 Å². The van der Waals surface area contributed by atoms with Crippen molar-refractivity contribution >= 4 is 11.6 Å². The molecule has 1 unspecified atom stereocenters.